The first-order valence-corrected chi connectivity index (χ1v) is 8.57. The van der Waals surface area contributed by atoms with Crippen LogP contribution in [-0.4, -0.2) is 38.6 Å². The van der Waals surface area contributed by atoms with E-state index in [0.29, 0.717) is 19.6 Å². The van der Waals surface area contributed by atoms with Crippen molar-refractivity contribution in [1.29, 1.82) is 0 Å². The highest BCUT2D eigenvalue weighted by Gasteiger charge is 2.12. The third kappa shape index (κ3) is 5.91. The van der Waals surface area contributed by atoms with Gasteiger partial charge in [0.05, 0.1) is 6.26 Å². The van der Waals surface area contributed by atoms with Crippen LogP contribution in [0.15, 0.2) is 24.3 Å². The molecule has 0 aliphatic heterocycles. The molecule has 6 heteroatoms. The molecule has 0 saturated heterocycles. The highest BCUT2D eigenvalue weighted by Crippen LogP contribution is 2.14. The Morgan fingerprint density at radius 2 is 2.00 bits per heavy atom. The lowest BCUT2D eigenvalue weighted by atomic mass is 10.2. The van der Waals surface area contributed by atoms with Gasteiger partial charge in [-0.25, -0.2) is 12.7 Å². The number of hydrogen-bond acceptors (Lipinski definition) is 3. The lowest BCUT2D eigenvalue weighted by Gasteiger charge is -2.17. The second-order valence-corrected chi connectivity index (χ2v) is 6.77. The Morgan fingerprint density at radius 1 is 1.32 bits per heavy atom. The van der Waals surface area contributed by atoms with Crippen LogP contribution in [0.25, 0.3) is 0 Å². The van der Waals surface area contributed by atoms with E-state index >= 15 is 0 Å². The minimum absolute atomic E-state index is 0.517. The molecule has 0 radical (unpaired) electrons. The van der Waals surface area contributed by atoms with Crippen LogP contribution in [0.5, 0.6) is 0 Å². The molecule has 0 aliphatic carbocycles. The Morgan fingerprint density at radius 3 is 2.58 bits per heavy atom. The SMILES string of the molecule is CCN(CCCNCc1ccccc1Cl)S(C)(=O)=O. The van der Waals surface area contributed by atoms with Gasteiger partial charge in [0.15, 0.2) is 0 Å². The van der Waals surface area contributed by atoms with Crippen LogP contribution in [0.2, 0.25) is 5.02 Å². The largest absolute Gasteiger partial charge is 0.313 e. The lowest BCUT2D eigenvalue weighted by Crippen LogP contribution is -2.32. The highest BCUT2D eigenvalue weighted by molar-refractivity contribution is 7.88. The van der Waals surface area contributed by atoms with E-state index in [9.17, 15) is 8.42 Å². The summed E-state index contributed by atoms with van der Waals surface area (Å²) in [6, 6.07) is 7.69. The fourth-order valence-corrected chi connectivity index (χ4v) is 2.94. The number of sulfonamides is 1. The van der Waals surface area contributed by atoms with E-state index in [0.717, 1.165) is 23.6 Å². The van der Waals surface area contributed by atoms with Crippen molar-refractivity contribution in [2.45, 2.75) is 19.9 Å². The first-order chi connectivity index (χ1) is 8.95. The molecule has 19 heavy (non-hydrogen) atoms. The van der Waals surface area contributed by atoms with Crippen LogP contribution in [0, 0.1) is 0 Å². The summed E-state index contributed by atoms with van der Waals surface area (Å²) in [7, 11) is -3.08. The van der Waals surface area contributed by atoms with Crippen molar-refractivity contribution in [3.05, 3.63) is 34.9 Å². The van der Waals surface area contributed by atoms with Crippen LogP contribution in [0.1, 0.15) is 18.9 Å². The fourth-order valence-electron chi connectivity index (χ4n) is 1.80. The first kappa shape index (κ1) is 16.4. The smallest absolute Gasteiger partial charge is 0.211 e. The molecule has 0 aliphatic rings. The number of nitrogens with one attached hydrogen (secondary N) is 1. The average molecular weight is 305 g/mol. The Bertz CT molecular complexity index is 491. The molecule has 1 aromatic rings. The second kappa shape index (κ2) is 7.85. The fraction of sp³-hybridized carbons (Fsp3) is 0.538. The summed E-state index contributed by atoms with van der Waals surface area (Å²) in [5.41, 5.74) is 1.06. The van der Waals surface area contributed by atoms with E-state index in [1.165, 1.54) is 10.6 Å². The topological polar surface area (TPSA) is 49.4 Å². The summed E-state index contributed by atoms with van der Waals surface area (Å²) in [6.45, 7) is 4.37. The maximum absolute atomic E-state index is 11.4. The molecular weight excluding hydrogens is 284 g/mol. The van der Waals surface area contributed by atoms with Gasteiger partial charge in [0.1, 0.15) is 0 Å². The van der Waals surface area contributed by atoms with Crippen LogP contribution in [0.4, 0.5) is 0 Å². The van der Waals surface area contributed by atoms with E-state index in [1.54, 1.807) is 0 Å². The average Bonchev–Trinajstić information content (AvgIpc) is 2.34. The monoisotopic (exact) mass is 304 g/mol. The van der Waals surface area contributed by atoms with E-state index < -0.39 is 10.0 Å². The Labute approximate surface area is 120 Å². The summed E-state index contributed by atoms with van der Waals surface area (Å²) < 4.78 is 24.2. The predicted octanol–water partition coefficient (Wildman–Crippen LogP) is 2.10. The van der Waals surface area contributed by atoms with Gasteiger partial charge in [-0.3, -0.25) is 0 Å². The molecule has 0 atom stereocenters. The Kier molecular flexibility index (Phi) is 6.79. The molecule has 0 bridgehead atoms. The van der Waals surface area contributed by atoms with Gasteiger partial charge in [-0.15, -0.1) is 0 Å². The number of benzene rings is 1. The van der Waals surface area contributed by atoms with E-state index in [2.05, 4.69) is 5.32 Å². The third-order valence-corrected chi connectivity index (χ3v) is 4.60. The van der Waals surface area contributed by atoms with Gasteiger partial charge < -0.3 is 5.32 Å². The molecule has 1 rings (SSSR count). The van der Waals surface area contributed by atoms with Crippen molar-refractivity contribution < 1.29 is 8.42 Å². The molecule has 0 heterocycles. The summed E-state index contributed by atoms with van der Waals surface area (Å²) in [6.07, 6.45) is 2.03. The Balaban J connectivity index is 2.27. The highest BCUT2D eigenvalue weighted by atomic mass is 35.5. The van der Waals surface area contributed by atoms with E-state index in [1.807, 2.05) is 31.2 Å². The number of rotatable bonds is 8. The van der Waals surface area contributed by atoms with Crippen molar-refractivity contribution in [3.63, 3.8) is 0 Å². The molecule has 1 N–H and O–H groups in total. The summed E-state index contributed by atoms with van der Waals surface area (Å²) in [5.74, 6) is 0. The first-order valence-electron chi connectivity index (χ1n) is 6.34. The maximum atomic E-state index is 11.4. The Hall–Kier alpha value is -0.620. The normalized spacial score (nSPS) is 12.0. The second-order valence-electron chi connectivity index (χ2n) is 4.38. The van der Waals surface area contributed by atoms with Crippen molar-refractivity contribution in [1.82, 2.24) is 9.62 Å². The zero-order chi connectivity index (χ0) is 14.3. The molecule has 108 valence electrons. The van der Waals surface area contributed by atoms with Gasteiger partial charge in [-0.1, -0.05) is 36.7 Å². The summed E-state index contributed by atoms with van der Waals surface area (Å²) in [4.78, 5) is 0. The number of halogens is 1. The molecule has 4 nitrogen and oxygen atoms in total. The predicted molar refractivity (Wildman–Crippen MR) is 79.9 cm³/mol. The summed E-state index contributed by atoms with van der Waals surface area (Å²) in [5, 5.41) is 4.02. The molecule has 0 aromatic heterocycles. The van der Waals surface area contributed by atoms with E-state index in [-0.39, 0.29) is 0 Å². The molecule has 0 saturated carbocycles. The van der Waals surface area contributed by atoms with Gasteiger partial charge in [-0.05, 0) is 24.6 Å². The van der Waals surface area contributed by atoms with Gasteiger partial charge in [0.25, 0.3) is 0 Å². The number of nitrogens with zero attached hydrogens (tertiary/aromatic N) is 1. The van der Waals surface area contributed by atoms with Gasteiger partial charge in [0, 0.05) is 24.7 Å². The van der Waals surface area contributed by atoms with Crippen LogP contribution >= 0.6 is 11.6 Å². The molecule has 0 spiro atoms. The molecule has 0 unspecified atom stereocenters. The van der Waals surface area contributed by atoms with Gasteiger partial charge in [-0.2, -0.15) is 0 Å². The van der Waals surface area contributed by atoms with Crippen LogP contribution < -0.4 is 5.32 Å². The van der Waals surface area contributed by atoms with Crippen molar-refractivity contribution in [3.8, 4) is 0 Å². The lowest BCUT2D eigenvalue weighted by molar-refractivity contribution is 0.419. The van der Waals surface area contributed by atoms with Crippen molar-refractivity contribution in [2.75, 3.05) is 25.9 Å². The van der Waals surface area contributed by atoms with Gasteiger partial charge >= 0.3 is 0 Å². The van der Waals surface area contributed by atoms with Crippen LogP contribution in [-0.2, 0) is 16.6 Å². The third-order valence-electron chi connectivity index (χ3n) is 2.86. The standard InChI is InChI=1S/C13H21ClN2O2S/c1-3-16(19(2,17)18)10-6-9-15-11-12-7-4-5-8-13(12)14/h4-5,7-8,15H,3,6,9-11H2,1-2H3. The quantitative estimate of drug-likeness (QED) is 0.748. The van der Waals surface area contributed by atoms with Crippen molar-refractivity contribution >= 4 is 21.6 Å². The van der Waals surface area contributed by atoms with E-state index in [4.69, 9.17) is 11.6 Å². The minimum Gasteiger partial charge on any atom is -0.313 e. The molecule has 0 fully saturated rings. The summed E-state index contributed by atoms with van der Waals surface area (Å²) >= 11 is 6.04. The van der Waals surface area contributed by atoms with Gasteiger partial charge in [0.2, 0.25) is 10.0 Å². The zero-order valence-electron chi connectivity index (χ0n) is 11.4. The van der Waals surface area contributed by atoms with Crippen molar-refractivity contribution in [2.24, 2.45) is 0 Å². The molecular formula is C13H21ClN2O2S. The minimum atomic E-state index is -3.08. The maximum Gasteiger partial charge on any atom is 0.211 e. The molecule has 1 aromatic carbocycles. The van der Waals surface area contributed by atoms with Crippen LogP contribution in [0.3, 0.4) is 0 Å². The zero-order valence-corrected chi connectivity index (χ0v) is 13.0. The molecule has 0 amide bonds. The number of hydrogen-bond donors (Lipinski definition) is 1.